The molecule has 4 saturated carbocycles. The Hall–Kier alpha value is -0.870. The van der Waals surface area contributed by atoms with E-state index in [2.05, 4.69) is 9.78 Å². The largest absolute Gasteiger partial charge is 0.394 e. The van der Waals surface area contributed by atoms with Crippen molar-refractivity contribution < 1.29 is 5.11 Å². The van der Waals surface area contributed by atoms with Crippen LogP contribution in [0.25, 0.3) is 0 Å². The van der Waals surface area contributed by atoms with Gasteiger partial charge in [-0.3, -0.25) is 4.68 Å². The molecule has 4 heteroatoms. The summed E-state index contributed by atoms with van der Waals surface area (Å²) in [4.78, 5) is 0. The highest BCUT2D eigenvalue weighted by atomic mass is 16.3. The Morgan fingerprint density at radius 1 is 1.20 bits per heavy atom. The SMILES string of the molecule is NCc1cnn(CCO)c1C12CC3CC(CC(C3)C1)C2. The highest BCUT2D eigenvalue weighted by Crippen LogP contribution is 2.61. The van der Waals surface area contributed by atoms with Gasteiger partial charge in [0.2, 0.25) is 0 Å². The number of hydrogen-bond donors (Lipinski definition) is 2. The number of nitrogens with two attached hydrogens (primary N) is 1. The van der Waals surface area contributed by atoms with Gasteiger partial charge in [-0.05, 0) is 56.3 Å². The van der Waals surface area contributed by atoms with Crippen LogP contribution in [0.1, 0.15) is 49.8 Å². The molecule has 1 heterocycles. The average Bonchev–Trinajstić information content (AvgIpc) is 2.81. The number of aliphatic hydroxyl groups is 1. The third-order valence-corrected chi connectivity index (χ3v) is 5.99. The van der Waals surface area contributed by atoms with Gasteiger partial charge in [-0.2, -0.15) is 5.10 Å². The summed E-state index contributed by atoms with van der Waals surface area (Å²) in [6, 6.07) is 0. The standard InChI is InChI=1S/C16H25N3O/c17-9-14-10-18-19(1-2-20)15(14)16-6-11-3-12(7-16)5-13(4-11)8-16/h10-13,20H,1-9,17H2. The smallest absolute Gasteiger partial charge is 0.0644 e. The monoisotopic (exact) mass is 275 g/mol. The van der Waals surface area contributed by atoms with Crippen molar-refractivity contribution in [1.82, 2.24) is 9.78 Å². The lowest BCUT2D eigenvalue weighted by molar-refractivity contribution is -0.0100. The summed E-state index contributed by atoms with van der Waals surface area (Å²) in [5.41, 5.74) is 8.86. The zero-order chi connectivity index (χ0) is 13.7. The van der Waals surface area contributed by atoms with E-state index in [4.69, 9.17) is 5.73 Å². The van der Waals surface area contributed by atoms with Crippen LogP contribution in [0, 0.1) is 17.8 Å². The fourth-order valence-corrected chi connectivity index (χ4v) is 5.85. The predicted octanol–water partition coefficient (Wildman–Crippen LogP) is 1.80. The van der Waals surface area contributed by atoms with Crippen molar-refractivity contribution in [3.05, 3.63) is 17.5 Å². The summed E-state index contributed by atoms with van der Waals surface area (Å²) in [5, 5.41) is 13.8. The van der Waals surface area contributed by atoms with Gasteiger partial charge >= 0.3 is 0 Å². The molecule has 4 fully saturated rings. The van der Waals surface area contributed by atoms with Gasteiger partial charge < -0.3 is 10.8 Å². The molecule has 0 atom stereocenters. The van der Waals surface area contributed by atoms with Crippen molar-refractivity contribution in [1.29, 1.82) is 0 Å². The molecule has 110 valence electrons. The molecule has 0 spiro atoms. The maximum absolute atomic E-state index is 9.32. The molecule has 4 aliphatic carbocycles. The summed E-state index contributed by atoms with van der Waals surface area (Å²) < 4.78 is 2.05. The van der Waals surface area contributed by atoms with Crippen molar-refractivity contribution in [3.63, 3.8) is 0 Å². The molecule has 1 aromatic heterocycles. The van der Waals surface area contributed by atoms with E-state index in [0.29, 0.717) is 18.5 Å². The van der Waals surface area contributed by atoms with Gasteiger partial charge in [-0.1, -0.05) is 0 Å². The maximum atomic E-state index is 9.32. The summed E-state index contributed by atoms with van der Waals surface area (Å²) in [7, 11) is 0. The van der Waals surface area contributed by atoms with Crippen molar-refractivity contribution in [2.24, 2.45) is 23.5 Å². The Kier molecular flexibility index (Phi) is 2.93. The second-order valence-corrected chi connectivity index (χ2v) is 7.37. The normalized spacial score (nSPS) is 38.6. The van der Waals surface area contributed by atoms with Crippen LogP contribution in [0.5, 0.6) is 0 Å². The van der Waals surface area contributed by atoms with Crippen LogP contribution in [-0.4, -0.2) is 21.5 Å². The lowest BCUT2D eigenvalue weighted by Gasteiger charge is -2.57. The molecule has 1 aromatic rings. The van der Waals surface area contributed by atoms with E-state index in [0.717, 1.165) is 17.8 Å². The number of aliphatic hydroxyl groups excluding tert-OH is 1. The van der Waals surface area contributed by atoms with E-state index >= 15 is 0 Å². The molecular weight excluding hydrogens is 250 g/mol. The zero-order valence-electron chi connectivity index (χ0n) is 12.1. The summed E-state index contributed by atoms with van der Waals surface area (Å²) >= 11 is 0. The molecule has 3 N–H and O–H groups in total. The predicted molar refractivity (Wildman–Crippen MR) is 77.1 cm³/mol. The highest BCUT2D eigenvalue weighted by Gasteiger charge is 2.53. The quantitative estimate of drug-likeness (QED) is 0.880. The Balaban J connectivity index is 1.78. The van der Waals surface area contributed by atoms with Gasteiger partial charge in [0.1, 0.15) is 0 Å². The van der Waals surface area contributed by atoms with E-state index in [1.165, 1.54) is 49.8 Å². The van der Waals surface area contributed by atoms with Crippen LogP contribution in [0.4, 0.5) is 0 Å². The second kappa shape index (κ2) is 4.57. The Labute approximate surface area is 120 Å². The molecule has 4 nitrogen and oxygen atoms in total. The average molecular weight is 275 g/mol. The first-order valence-electron chi connectivity index (χ1n) is 8.10. The van der Waals surface area contributed by atoms with Gasteiger partial charge in [-0.15, -0.1) is 0 Å². The van der Waals surface area contributed by atoms with Crippen molar-refractivity contribution in [2.45, 2.75) is 57.0 Å². The highest BCUT2D eigenvalue weighted by molar-refractivity contribution is 5.30. The maximum Gasteiger partial charge on any atom is 0.0644 e. The molecule has 5 rings (SSSR count). The number of rotatable bonds is 4. The second-order valence-electron chi connectivity index (χ2n) is 7.37. The van der Waals surface area contributed by atoms with Crippen LogP contribution in [0.3, 0.4) is 0 Å². The summed E-state index contributed by atoms with van der Waals surface area (Å²) in [6.07, 6.45) is 10.3. The Morgan fingerprint density at radius 3 is 2.30 bits per heavy atom. The van der Waals surface area contributed by atoms with Gasteiger partial charge in [-0.25, -0.2) is 0 Å². The number of aromatic nitrogens is 2. The molecule has 4 bridgehead atoms. The molecule has 0 aromatic carbocycles. The molecular formula is C16H25N3O. The van der Waals surface area contributed by atoms with Gasteiger partial charge in [0.25, 0.3) is 0 Å². The van der Waals surface area contributed by atoms with Crippen LogP contribution in [0.15, 0.2) is 6.20 Å². The first kappa shape index (κ1) is 12.8. The zero-order valence-corrected chi connectivity index (χ0v) is 12.1. The van der Waals surface area contributed by atoms with Crippen molar-refractivity contribution >= 4 is 0 Å². The fraction of sp³-hybridized carbons (Fsp3) is 0.812. The van der Waals surface area contributed by atoms with Crippen LogP contribution < -0.4 is 5.73 Å². The minimum Gasteiger partial charge on any atom is -0.394 e. The van der Waals surface area contributed by atoms with Crippen molar-refractivity contribution in [2.75, 3.05) is 6.61 Å². The topological polar surface area (TPSA) is 64.1 Å². The number of nitrogens with zero attached hydrogens (tertiary/aromatic N) is 2. The first-order chi connectivity index (χ1) is 9.74. The lowest BCUT2D eigenvalue weighted by Crippen LogP contribution is -2.50. The van der Waals surface area contributed by atoms with E-state index < -0.39 is 0 Å². The molecule has 20 heavy (non-hydrogen) atoms. The summed E-state index contributed by atoms with van der Waals surface area (Å²) in [6.45, 7) is 1.34. The van der Waals surface area contributed by atoms with E-state index in [-0.39, 0.29) is 6.61 Å². The molecule has 4 aliphatic rings. The molecule has 0 saturated heterocycles. The Bertz CT molecular complexity index is 473. The molecule has 0 aliphatic heterocycles. The lowest BCUT2D eigenvalue weighted by atomic mass is 9.48. The third kappa shape index (κ3) is 1.77. The molecule has 0 amide bonds. The van der Waals surface area contributed by atoms with E-state index in [1.807, 2.05) is 6.20 Å². The van der Waals surface area contributed by atoms with Gasteiger partial charge in [0, 0.05) is 23.2 Å². The minimum atomic E-state index is 0.158. The van der Waals surface area contributed by atoms with Crippen LogP contribution in [-0.2, 0) is 18.5 Å². The van der Waals surface area contributed by atoms with Gasteiger partial charge in [0.05, 0.1) is 19.3 Å². The van der Waals surface area contributed by atoms with E-state index in [1.54, 1.807) is 0 Å². The molecule has 0 unspecified atom stereocenters. The molecule has 0 radical (unpaired) electrons. The van der Waals surface area contributed by atoms with Crippen molar-refractivity contribution in [3.8, 4) is 0 Å². The third-order valence-electron chi connectivity index (χ3n) is 5.99. The van der Waals surface area contributed by atoms with Crippen LogP contribution in [0.2, 0.25) is 0 Å². The Morgan fingerprint density at radius 2 is 1.80 bits per heavy atom. The minimum absolute atomic E-state index is 0.158. The first-order valence-corrected chi connectivity index (χ1v) is 8.10. The van der Waals surface area contributed by atoms with E-state index in [9.17, 15) is 5.11 Å². The fourth-order valence-electron chi connectivity index (χ4n) is 5.85. The summed E-state index contributed by atoms with van der Waals surface area (Å²) in [5.74, 6) is 2.76. The van der Waals surface area contributed by atoms with Crippen LogP contribution >= 0.6 is 0 Å². The number of hydrogen-bond acceptors (Lipinski definition) is 3. The van der Waals surface area contributed by atoms with Gasteiger partial charge in [0.15, 0.2) is 0 Å².